The summed E-state index contributed by atoms with van der Waals surface area (Å²) in [6, 6.07) is 0.393. The van der Waals surface area contributed by atoms with Crippen molar-refractivity contribution in [3.63, 3.8) is 0 Å². The molecular formula is C11H19NO. The SMILES string of the molecule is C=CC[C@H]1CCCC[C@H]1NC(C)=O. The molecule has 0 radical (unpaired) electrons. The van der Waals surface area contributed by atoms with E-state index >= 15 is 0 Å². The molecule has 1 amide bonds. The summed E-state index contributed by atoms with van der Waals surface area (Å²) in [4.78, 5) is 10.9. The van der Waals surface area contributed by atoms with Crippen LogP contribution in [-0.4, -0.2) is 11.9 Å². The summed E-state index contributed by atoms with van der Waals surface area (Å²) in [5.74, 6) is 0.719. The molecular weight excluding hydrogens is 162 g/mol. The standard InChI is InChI=1S/C11H19NO/c1-3-6-10-7-4-5-8-11(10)12-9(2)13/h3,10-11H,1,4-8H2,2H3,(H,12,13)/t10-,11+/m0/s1. The minimum Gasteiger partial charge on any atom is -0.353 e. The van der Waals surface area contributed by atoms with E-state index in [0.29, 0.717) is 12.0 Å². The summed E-state index contributed by atoms with van der Waals surface area (Å²) < 4.78 is 0. The lowest BCUT2D eigenvalue weighted by Crippen LogP contribution is -2.40. The predicted octanol–water partition coefficient (Wildman–Crippen LogP) is 2.26. The van der Waals surface area contributed by atoms with E-state index in [1.807, 2.05) is 6.08 Å². The molecule has 0 unspecified atom stereocenters. The van der Waals surface area contributed by atoms with Crippen LogP contribution in [0.3, 0.4) is 0 Å². The van der Waals surface area contributed by atoms with Crippen LogP contribution in [0.1, 0.15) is 39.0 Å². The molecule has 0 aromatic rings. The van der Waals surface area contributed by atoms with Gasteiger partial charge < -0.3 is 5.32 Å². The molecule has 13 heavy (non-hydrogen) atoms. The molecule has 0 aromatic carbocycles. The van der Waals surface area contributed by atoms with Gasteiger partial charge in [-0.2, -0.15) is 0 Å². The molecule has 0 spiro atoms. The molecule has 0 saturated heterocycles. The Morgan fingerprint density at radius 1 is 1.54 bits per heavy atom. The fourth-order valence-corrected chi connectivity index (χ4v) is 2.15. The Kier molecular flexibility index (Phi) is 4.00. The Morgan fingerprint density at radius 3 is 2.85 bits per heavy atom. The second-order valence-electron chi connectivity index (χ2n) is 3.88. The van der Waals surface area contributed by atoms with Gasteiger partial charge in [0, 0.05) is 13.0 Å². The summed E-state index contributed by atoms with van der Waals surface area (Å²) in [6.45, 7) is 5.35. The second-order valence-corrected chi connectivity index (χ2v) is 3.88. The predicted molar refractivity (Wildman–Crippen MR) is 54.4 cm³/mol. The third-order valence-corrected chi connectivity index (χ3v) is 2.77. The van der Waals surface area contributed by atoms with Gasteiger partial charge in [-0.25, -0.2) is 0 Å². The average Bonchev–Trinajstić information content (AvgIpc) is 2.08. The summed E-state index contributed by atoms with van der Waals surface area (Å²) in [5, 5.41) is 3.03. The number of nitrogens with one attached hydrogen (secondary N) is 1. The molecule has 74 valence electrons. The van der Waals surface area contributed by atoms with Crippen molar-refractivity contribution in [1.82, 2.24) is 5.32 Å². The summed E-state index contributed by atoms with van der Waals surface area (Å²) in [5.41, 5.74) is 0. The molecule has 1 aliphatic carbocycles. The van der Waals surface area contributed by atoms with Crippen LogP contribution in [-0.2, 0) is 4.79 Å². The van der Waals surface area contributed by atoms with Gasteiger partial charge in [0.1, 0.15) is 0 Å². The van der Waals surface area contributed by atoms with Crippen LogP contribution in [0, 0.1) is 5.92 Å². The zero-order valence-electron chi connectivity index (χ0n) is 8.38. The largest absolute Gasteiger partial charge is 0.353 e. The van der Waals surface area contributed by atoms with Crippen molar-refractivity contribution in [2.75, 3.05) is 0 Å². The van der Waals surface area contributed by atoms with E-state index in [2.05, 4.69) is 11.9 Å². The van der Waals surface area contributed by atoms with E-state index in [1.54, 1.807) is 6.92 Å². The maximum absolute atomic E-state index is 10.9. The molecule has 1 N–H and O–H groups in total. The molecule has 1 rings (SSSR count). The van der Waals surface area contributed by atoms with E-state index in [9.17, 15) is 4.79 Å². The van der Waals surface area contributed by atoms with Crippen LogP contribution in [0.15, 0.2) is 12.7 Å². The highest BCUT2D eigenvalue weighted by molar-refractivity contribution is 5.73. The molecule has 0 aliphatic heterocycles. The van der Waals surface area contributed by atoms with Gasteiger partial charge >= 0.3 is 0 Å². The van der Waals surface area contributed by atoms with Crippen LogP contribution in [0.5, 0.6) is 0 Å². The highest BCUT2D eigenvalue weighted by Crippen LogP contribution is 2.27. The molecule has 1 saturated carbocycles. The van der Waals surface area contributed by atoms with Crippen molar-refractivity contribution >= 4 is 5.91 Å². The lowest BCUT2D eigenvalue weighted by molar-refractivity contribution is -0.120. The summed E-state index contributed by atoms with van der Waals surface area (Å²) in [7, 11) is 0. The van der Waals surface area contributed by atoms with Crippen molar-refractivity contribution in [2.45, 2.75) is 45.1 Å². The molecule has 2 nitrogen and oxygen atoms in total. The first kappa shape index (κ1) is 10.3. The van der Waals surface area contributed by atoms with Crippen LogP contribution < -0.4 is 5.32 Å². The van der Waals surface area contributed by atoms with Crippen LogP contribution in [0.25, 0.3) is 0 Å². The Morgan fingerprint density at radius 2 is 2.23 bits per heavy atom. The van der Waals surface area contributed by atoms with E-state index in [4.69, 9.17) is 0 Å². The lowest BCUT2D eigenvalue weighted by Gasteiger charge is -2.31. The van der Waals surface area contributed by atoms with Crippen molar-refractivity contribution in [1.29, 1.82) is 0 Å². The van der Waals surface area contributed by atoms with E-state index in [1.165, 1.54) is 19.3 Å². The first-order valence-corrected chi connectivity index (χ1v) is 5.12. The summed E-state index contributed by atoms with van der Waals surface area (Å²) >= 11 is 0. The Labute approximate surface area is 80.4 Å². The number of rotatable bonds is 3. The number of amides is 1. The van der Waals surface area contributed by atoms with E-state index in [0.717, 1.165) is 12.8 Å². The third-order valence-electron chi connectivity index (χ3n) is 2.77. The molecule has 1 aliphatic rings. The van der Waals surface area contributed by atoms with Crippen molar-refractivity contribution in [3.05, 3.63) is 12.7 Å². The van der Waals surface area contributed by atoms with Crippen molar-refractivity contribution < 1.29 is 4.79 Å². The molecule has 2 heteroatoms. The molecule has 1 fully saturated rings. The molecule has 0 bridgehead atoms. The monoisotopic (exact) mass is 181 g/mol. The topological polar surface area (TPSA) is 29.1 Å². The smallest absolute Gasteiger partial charge is 0.217 e. The number of hydrogen-bond donors (Lipinski definition) is 1. The van der Waals surface area contributed by atoms with E-state index in [-0.39, 0.29) is 5.91 Å². The lowest BCUT2D eigenvalue weighted by atomic mass is 9.82. The van der Waals surface area contributed by atoms with Crippen LogP contribution in [0.4, 0.5) is 0 Å². The first-order chi connectivity index (χ1) is 6.24. The number of allylic oxidation sites excluding steroid dienone is 1. The zero-order valence-corrected chi connectivity index (χ0v) is 8.38. The fourth-order valence-electron chi connectivity index (χ4n) is 2.15. The van der Waals surface area contributed by atoms with Crippen molar-refractivity contribution in [2.24, 2.45) is 5.92 Å². The Balaban J connectivity index is 2.45. The normalized spacial score (nSPS) is 28.1. The average molecular weight is 181 g/mol. The molecule has 2 atom stereocenters. The number of carbonyl (C=O) groups excluding carboxylic acids is 1. The van der Waals surface area contributed by atoms with Gasteiger partial charge in [0.25, 0.3) is 0 Å². The quantitative estimate of drug-likeness (QED) is 0.665. The first-order valence-electron chi connectivity index (χ1n) is 5.12. The summed E-state index contributed by atoms with van der Waals surface area (Å²) in [6.07, 6.45) is 7.91. The highest BCUT2D eigenvalue weighted by Gasteiger charge is 2.24. The fraction of sp³-hybridized carbons (Fsp3) is 0.727. The van der Waals surface area contributed by atoms with Gasteiger partial charge in [-0.1, -0.05) is 18.9 Å². The van der Waals surface area contributed by atoms with Gasteiger partial charge in [0.05, 0.1) is 0 Å². The van der Waals surface area contributed by atoms with Gasteiger partial charge in [-0.3, -0.25) is 4.79 Å². The van der Waals surface area contributed by atoms with Gasteiger partial charge in [-0.05, 0) is 25.2 Å². The zero-order chi connectivity index (χ0) is 9.68. The van der Waals surface area contributed by atoms with Gasteiger partial charge in [-0.15, -0.1) is 6.58 Å². The van der Waals surface area contributed by atoms with Gasteiger partial charge in [0.2, 0.25) is 5.91 Å². The Hall–Kier alpha value is -0.790. The minimum absolute atomic E-state index is 0.0981. The number of carbonyl (C=O) groups is 1. The van der Waals surface area contributed by atoms with E-state index < -0.39 is 0 Å². The molecule has 0 heterocycles. The Bertz CT molecular complexity index is 189. The van der Waals surface area contributed by atoms with Crippen molar-refractivity contribution in [3.8, 4) is 0 Å². The highest BCUT2D eigenvalue weighted by atomic mass is 16.1. The van der Waals surface area contributed by atoms with Gasteiger partial charge in [0.15, 0.2) is 0 Å². The third kappa shape index (κ3) is 3.21. The number of hydrogen-bond acceptors (Lipinski definition) is 1. The second kappa shape index (κ2) is 5.05. The maximum atomic E-state index is 10.9. The minimum atomic E-state index is 0.0981. The maximum Gasteiger partial charge on any atom is 0.217 e. The van der Waals surface area contributed by atoms with Crippen LogP contribution in [0.2, 0.25) is 0 Å². The van der Waals surface area contributed by atoms with Crippen LogP contribution >= 0.6 is 0 Å². The molecule has 0 aromatic heterocycles.